The first-order chi connectivity index (χ1) is 16.1. The Morgan fingerprint density at radius 1 is 1.09 bits per heavy atom. The van der Waals surface area contributed by atoms with Crippen molar-refractivity contribution in [1.82, 2.24) is 5.32 Å². The molecule has 1 N–H and O–H groups in total. The molecule has 0 aliphatic heterocycles. The zero-order valence-electron chi connectivity index (χ0n) is 18.9. The van der Waals surface area contributed by atoms with Gasteiger partial charge in [-0.05, 0) is 59.9 Å². The second-order valence-corrected chi connectivity index (χ2v) is 7.54. The van der Waals surface area contributed by atoms with Crippen molar-refractivity contribution in [2.45, 2.75) is 32.7 Å². The number of benzene rings is 2. The van der Waals surface area contributed by atoms with Gasteiger partial charge in [-0.2, -0.15) is 5.26 Å². The number of nitrogens with one attached hydrogen (secondary N) is 1. The van der Waals surface area contributed by atoms with E-state index in [9.17, 15) is 10.1 Å². The van der Waals surface area contributed by atoms with Gasteiger partial charge >= 0.3 is 0 Å². The summed E-state index contributed by atoms with van der Waals surface area (Å²) in [5.74, 6) is 2.18. The van der Waals surface area contributed by atoms with E-state index in [1.165, 1.54) is 17.9 Å². The number of hydrogen-bond acceptors (Lipinski definition) is 5. The predicted molar refractivity (Wildman–Crippen MR) is 127 cm³/mol. The monoisotopic (exact) mass is 444 g/mol. The van der Waals surface area contributed by atoms with E-state index < -0.39 is 5.91 Å². The average Bonchev–Trinajstić information content (AvgIpc) is 3.38. The summed E-state index contributed by atoms with van der Waals surface area (Å²) in [6.45, 7) is 5.42. The lowest BCUT2D eigenvalue weighted by molar-refractivity contribution is -0.117. The fourth-order valence-corrected chi connectivity index (χ4v) is 3.20. The molecular weight excluding hydrogens is 416 g/mol. The summed E-state index contributed by atoms with van der Waals surface area (Å²) in [7, 11) is 0. The van der Waals surface area contributed by atoms with Crippen LogP contribution in [0.3, 0.4) is 0 Å². The number of rotatable bonds is 11. The first-order valence-corrected chi connectivity index (χ1v) is 11.0. The van der Waals surface area contributed by atoms with Gasteiger partial charge in [0.15, 0.2) is 0 Å². The maximum atomic E-state index is 12.2. The number of nitriles is 1. The molecule has 0 unspecified atom stereocenters. The van der Waals surface area contributed by atoms with E-state index in [0.29, 0.717) is 30.6 Å². The van der Waals surface area contributed by atoms with Crippen LogP contribution in [0, 0.1) is 11.3 Å². The minimum absolute atomic E-state index is 0.0172. The molecule has 33 heavy (non-hydrogen) atoms. The van der Waals surface area contributed by atoms with Crippen LogP contribution in [0.25, 0.3) is 6.08 Å². The molecule has 0 saturated carbocycles. The molecular formula is C27H28N2O4. The van der Waals surface area contributed by atoms with Gasteiger partial charge in [-0.3, -0.25) is 4.79 Å². The van der Waals surface area contributed by atoms with Gasteiger partial charge in [0.05, 0.1) is 12.8 Å². The molecule has 170 valence electrons. The van der Waals surface area contributed by atoms with Crippen molar-refractivity contribution in [3.63, 3.8) is 0 Å². The van der Waals surface area contributed by atoms with Crippen LogP contribution in [0.4, 0.5) is 0 Å². The van der Waals surface area contributed by atoms with Crippen molar-refractivity contribution in [2.75, 3.05) is 13.2 Å². The van der Waals surface area contributed by atoms with Crippen molar-refractivity contribution in [3.05, 3.63) is 89.4 Å². The standard InChI is InChI=1S/C27H28N2O4/c1-3-20(2)25-8-4-5-9-26(25)33-16-15-32-23-12-10-21(11-13-23)17-22(18-28)27(30)29-19-24-7-6-14-31-24/h4-14,17,20H,3,15-16,19H2,1-2H3,(H,29,30)/b22-17+/t20-/m1/s1. The normalized spacial score (nSPS) is 12.0. The van der Waals surface area contributed by atoms with Gasteiger partial charge in [0.2, 0.25) is 0 Å². The highest BCUT2D eigenvalue weighted by Crippen LogP contribution is 2.28. The van der Waals surface area contributed by atoms with Crippen molar-refractivity contribution >= 4 is 12.0 Å². The summed E-state index contributed by atoms with van der Waals surface area (Å²) in [5.41, 5.74) is 1.95. The van der Waals surface area contributed by atoms with Crippen LogP contribution in [0.15, 0.2) is 76.9 Å². The Balaban J connectivity index is 1.49. The predicted octanol–water partition coefficient (Wildman–Crippen LogP) is 5.47. The molecule has 3 aromatic rings. The molecule has 1 aromatic heterocycles. The molecule has 0 radical (unpaired) electrons. The van der Waals surface area contributed by atoms with Crippen molar-refractivity contribution in [2.24, 2.45) is 0 Å². The van der Waals surface area contributed by atoms with Gasteiger partial charge in [-0.1, -0.05) is 44.2 Å². The third-order valence-corrected chi connectivity index (χ3v) is 5.23. The number of hydrogen-bond donors (Lipinski definition) is 1. The summed E-state index contributed by atoms with van der Waals surface area (Å²) in [6, 6.07) is 20.7. The van der Waals surface area contributed by atoms with Gasteiger partial charge in [0, 0.05) is 0 Å². The van der Waals surface area contributed by atoms with Gasteiger partial charge < -0.3 is 19.2 Å². The maximum Gasteiger partial charge on any atom is 0.262 e. The molecule has 3 rings (SSSR count). The van der Waals surface area contributed by atoms with Crippen molar-refractivity contribution in [3.8, 4) is 17.6 Å². The molecule has 6 heteroatoms. The first kappa shape index (κ1) is 23.7. The third-order valence-electron chi connectivity index (χ3n) is 5.23. The maximum absolute atomic E-state index is 12.2. The van der Waals surface area contributed by atoms with Crippen molar-refractivity contribution in [1.29, 1.82) is 5.26 Å². The zero-order chi connectivity index (χ0) is 23.5. The first-order valence-electron chi connectivity index (χ1n) is 11.0. The Labute approximate surface area is 194 Å². The quantitative estimate of drug-likeness (QED) is 0.241. The number of amides is 1. The smallest absolute Gasteiger partial charge is 0.262 e. The van der Waals surface area contributed by atoms with E-state index in [2.05, 4.69) is 25.2 Å². The number of furan rings is 1. The summed E-state index contributed by atoms with van der Waals surface area (Å²) >= 11 is 0. The Kier molecular flexibility index (Phi) is 8.72. The number of carbonyl (C=O) groups is 1. The minimum atomic E-state index is -0.455. The van der Waals surface area contributed by atoms with Crippen LogP contribution in [0.1, 0.15) is 43.1 Å². The van der Waals surface area contributed by atoms with E-state index in [-0.39, 0.29) is 12.1 Å². The second kappa shape index (κ2) is 12.2. The summed E-state index contributed by atoms with van der Waals surface area (Å²) in [4.78, 5) is 12.2. The molecule has 0 aliphatic carbocycles. The second-order valence-electron chi connectivity index (χ2n) is 7.54. The number of ether oxygens (including phenoxy) is 2. The van der Waals surface area contributed by atoms with Crippen LogP contribution in [-0.2, 0) is 11.3 Å². The Hall–Kier alpha value is -3.98. The Morgan fingerprint density at radius 3 is 2.55 bits per heavy atom. The van der Waals surface area contributed by atoms with Crippen LogP contribution >= 0.6 is 0 Å². The SMILES string of the molecule is CC[C@@H](C)c1ccccc1OCCOc1ccc(/C=C(\C#N)C(=O)NCc2ccco2)cc1. The minimum Gasteiger partial charge on any atom is -0.490 e. The molecule has 1 atom stereocenters. The molecule has 1 amide bonds. The molecule has 0 saturated heterocycles. The van der Waals surface area contributed by atoms with Crippen LogP contribution in [0.2, 0.25) is 0 Å². The van der Waals surface area contributed by atoms with Crippen LogP contribution < -0.4 is 14.8 Å². The third kappa shape index (κ3) is 7.01. The number of carbonyl (C=O) groups excluding carboxylic acids is 1. The number of nitrogens with zero attached hydrogens (tertiary/aromatic N) is 1. The molecule has 2 aromatic carbocycles. The Morgan fingerprint density at radius 2 is 1.85 bits per heavy atom. The van der Waals surface area contributed by atoms with E-state index in [0.717, 1.165) is 17.7 Å². The van der Waals surface area contributed by atoms with Crippen LogP contribution in [-0.4, -0.2) is 19.1 Å². The molecule has 0 bridgehead atoms. The topological polar surface area (TPSA) is 84.5 Å². The fourth-order valence-electron chi connectivity index (χ4n) is 3.20. The molecule has 6 nitrogen and oxygen atoms in total. The van der Waals surface area contributed by atoms with Gasteiger partial charge in [0.1, 0.15) is 42.1 Å². The zero-order valence-corrected chi connectivity index (χ0v) is 18.9. The van der Waals surface area contributed by atoms with E-state index in [1.54, 1.807) is 36.4 Å². The highest BCUT2D eigenvalue weighted by molar-refractivity contribution is 6.01. The highest BCUT2D eigenvalue weighted by Gasteiger charge is 2.10. The molecule has 0 spiro atoms. The van der Waals surface area contributed by atoms with Gasteiger partial charge in [0.25, 0.3) is 5.91 Å². The molecule has 0 aliphatic rings. The lowest BCUT2D eigenvalue weighted by Gasteiger charge is -2.16. The van der Waals surface area contributed by atoms with E-state index in [4.69, 9.17) is 13.9 Å². The van der Waals surface area contributed by atoms with E-state index in [1.807, 2.05) is 24.3 Å². The Bertz CT molecular complexity index is 1100. The van der Waals surface area contributed by atoms with Gasteiger partial charge in [-0.15, -0.1) is 0 Å². The summed E-state index contributed by atoms with van der Waals surface area (Å²) < 4.78 is 16.9. The van der Waals surface area contributed by atoms with Crippen LogP contribution in [0.5, 0.6) is 11.5 Å². The summed E-state index contributed by atoms with van der Waals surface area (Å²) in [6.07, 6.45) is 4.12. The lowest BCUT2D eigenvalue weighted by atomic mass is 9.98. The molecule has 1 heterocycles. The van der Waals surface area contributed by atoms with Crippen molar-refractivity contribution < 1.29 is 18.7 Å². The largest absolute Gasteiger partial charge is 0.490 e. The fraction of sp³-hybridized carbons (Fsp3) is 0.259. The average molecular weight is 445 g/mol. The number of para-hydroxylation sites is 1. The molecule has 0 fully saturated rings. The highest BCUT2D eigenvalue weighted by atomic mass is 16.5. The lowest BCUT2D eigenvalue weighted by Crippen LogP contribution is -2.23. The summed E-state index contributed by atoms with van der Waals surface area (Å²) in [5, 5.41) is 12.0. The van der Waals surface area contributed by atoms with E-state index >= 15 is 0 Å². The van der Waals surface area contributed by atoms with Gasteiger partial charge in [-0.25, -0.2) is 0 Å².